The number of sulfonamides is 1. The Balaban J connectivity index is 1.73. The molecular weight excluding hydrogens is 546 g/mol. The number of thiophene rings is 1. The molecule has 1 fully saturated rings. The largest absolute Gasteiger partial charge is 0.339 e. The molecule has 202 valence electrons. The van der Waals surface area contributed by atoms with E-state index in [0.29, 0.717) is 22.1 Å². The van der Waals surface area contributed by atoms with E-state index < -0.39 is 39.7 Å². The SMILES string of the molecule is CC(C)C[C@H](NC(=O)c1cc2ccccc2s1)C(=O)N(C1CCCNCC1=O)S(=O)(=O)c1cccc(Cl)c1. The van der Waals surface area contributed by atoms with Gasteiger partial charge < -0.3 is 10.6 Å². The minimum atomic E-state index is -4.47. The molecule has 2 atom stereocenters. The lowest BCUT2D eigenvalue weighted by Gasteiger charge is -2.33. The van der Waals surface area contributed by atoms with Gasteiger partial charge in [-0.1, -0.05) is 49.7 Å². The van der Waals surface area contributed by atoms with Crippen LogP contribution in [-0.4, -0.2) is 55.5 Å². The summed E-state index contributed by atoms with van der Waals surface area (Å²) in [6.45, 7) is 4.23. The molecule has 3 aromatic rings. The highest BCUT2D eigenvalue weighted by Gasteiger charge is 2.43. The molecule has 8 nitrogen and oxygen atoms in total. The van der Waals surface area contributed by atoms with Gasteiger partial charge in [0.2, 0.25) is 0 Å². The van der Waals surface area contributed by atoms with Crippen molar-refractivity contribution < 1.29 is 22.8 Å². The molecule has 2 N–H and O–H groups in total. The van der Waals surface area contributed by atoms with Crippen LogP contribution in [0.1, 0.15) is 42.8 Å². The Hall–Kier alpha value is -2.79. The highest BCUT2D eigenvalue weighted by Crippen LogP contribution is 2.28. The van der Waals surface area contributed by atoms with Crippen LogP contribution in [0.15, 0.2) is 59.5 Å². The van der Waals surface area contributed by atoms with Gasteiger partial charge in [-0.15, -0.1) is 11.3 Å². The fourth-order valence-electron chi connectivity index (χ4n) is 4.51. The zero-order valence-electron chi connectivity index (χ0n) is 21.1. The fraction of sp³-hybridized carbons (Fsp3) is 0.370. The van der Waals surface area contributed by atoms with Crippen molar-refractivity contribution in [3.8, 4) is 0 Å². The number of benzene rings is 2. The molecule has 0 spiro atoms. The van der Waals surface area contributed by atoms with E-state index in [1.165, 1.54) is 35.6 Å². The average Bonchev–Trinajstić information content (AvgIpc) is 3.20. The first kappa shape index (κ1) is 28.2. The van der Waals surface area contributed by atoms with Crippen LogP contribution in [0.25, 0.3) is 10.1 Å². The van der Waals surface area contributed by atoms with Crippen LogP contribution in [0.5, 0.6) is 0 Å². The van der Waals surface area contributed by atoms with Gasteiger partial charge in [0, 0.05) is 9.72 Å². The lowest BCUT2D eigenvalue weighted by molar-refractivity contribution is -0.135. The Morgan fingerprint density at radius 2 is 1.92 bits per heavy atom. The number of nitrogens with one attached hydrogen (secondary N) is 2. The molecule has 0 bridgehead atoms. The zero-order valence-corrected chi connectivity index (χ0v) is 23.5. The predicted molar refractivity (Wildman–Crippen MR) is 149 cm³/mol. The second-order valence-corrected chi connectivity index (χ2v) is 13.0. The van der Waals surface area contributed by atoms with E-state index >= 15 is 0 Å². The quantitative estimate of drug-likeness (QED) is 0.415. The first-order valence-electron chi connectivity index (χ1n) is 12.4. The third kappa shape index (κ3) is 6.26. The van der Waals surface area contributed by atoms with Gasteiger partial charge >= 0.3 is 0 Å². The summed E-state index contributed by atoms with van der Waals surface area (Å²) in [7, 11) is -4.47. The van der Waals surface area contributed by atoms with E-state index in [-0.39, 0.29) is 35.2 Å². The zero-order chi connectivity index (χ0) is 27.4. The van der Waals surface area contributed by atoms with Crippen molar-refractivity contribution in [2.45, 2.75) is 50.1 Å². The standard InChI is InChI=1S/C27H30ClN3O5S2/c1-17(2)13-21(30-26(33)25-14-18-7-3-4-11-24(18)37-25)27(34)31(22-10-6-12-29-16-23(22)32)38(35,36)20-9-5-8-19(28)15-20/h3-5,7-9,11,14-15,17,21-22,29H,6,10,12-13,16H2,1-2H3,(H,30,33)/t21-,22?/m0/s1. The van der Waals surface area contributed by atoms with Gasteiger partial charge in [0.1, 0.15) is 12.1 Å². The summed E-state index contributed by atoms with van der Waals surface area (Å²) >= 11 is 7.37. The Kier molecular flexibility index (Phi) is 8.87. The topological polar surface area (TPSA) is 113 Å². The van der Waals surface area contributed by atoms with Crippen molar-refractivity contribution in [3.05, 3.63) is 64.5 Å². The first-order valence-corrected chi connectivity index (χ1v) is 15.1. The molecule has 0 aliphatic carbocycles. The van der Waals surface area contributed by atoms with Gasteiger partial charge in [-0.3, -0.25) is 14.4 Å². The maximum absolute atomic E-state index is 14.1. The monoisotopic (exact) mass is 575 g/mol. The Labute approximate surface area is 231 Å². The van der Waals surface area contributed by atoms with Crippen LogP contribution in [0.4, 0.5) is 0 Å². The Morgan fingerprint density at radius 1 is 1.16 bits per heavy atom. The highest BCUT2D eigenvalue weighted by molar-refractivity contribution is 7.89. The molecule has 4 rings (SSSR count). The number of halogens is 1. The molecule has 1 unspecified atom stereocenters. The number of carbonyl (C=O) groups is 3. The van der Waals surface area contributed by atoms with Crippen molar-refractivity contribution in [1.29, 1.82) is 0 Å². The number of rotatable bonds is 8. The van der Waals surface area contributed by atoms with Gasteiger partial charge in [-0.2, -0.15) is 0 Å². The van der Waals surface area contributed by atoms with Gasteiger partial charge in [0.25, 0.3) is 21.8 Å². The number of amides is 2. The molecule has 0 saturated carbocycles. The average molecular weight is 576 g/mol. The molecule has 0 radical (unpaired) electrons. The molecule has 2 heterocycles. The predicted octanol–water partition coefficient (Wildman–Crippen LogP) is 4.24. The van der Waals surface area contributed by atoms with Crippen molar-refractivity contribution in [2.75, 3.05) is 13.1 Å². The van der Waals surface area contributed by atoms with Crippen LogP contribution in [0.2, 0.25) is 5.02 Å². The van der Waals surface area contributed by atoms with Gasteiger partial charge in [0.05, 0.1) is 16.3 Å². The second-order valence-electron chi connectivity index (χ2n) is 9.70. The number of hydrogen-bond donors (Lipinski definition) is 2. The maximum atomic E-state index is 14.1. The summed E-state index contributed by atoms with van der Waals surface area (Å²) in [5, 5.41) is 6.83. The molecule has 38 heavy (non-hydrogen) atoms. The fourth-order valence-corrected chi connectivity index (χ4v) is 7.41. The highest BCUT2D eigenvalue weighted by atomic mass is 35.5. The maximum Gasteiger partial charge on any atom is 0.267 e. The van der Waals surface area contributed by atoms with Crippen molar-refractivity contribution in [1.82, 2.24) is 14.9 Å². The Morgan fingerprint density at radius 3 is 2.63 bits per heavy atom. The van der Waals surface area contributed by atoms with E-state index in [0.717, 1.165) is 10.1 Å². The molecule has 2 amide bonds. The number of hydrogen-bond acceptors (Lipinski definition) is 7. The number of fused-ring (bicyclic) bond motifs is 1. The molecule has 1 aliphatic heterocycles. The lowest BCUT2D eigenvalue weighted by Crippen LogP contribution is -2.56. The summed E-state index contributed by atoms with van der Waals surface area (Å²) in [6, 6.07) is 12.5. The van der Waals surface area contributed by atoms with Crippen LogP contribution in [0.3, 0.4) is 0 Å². The summed E-state index contributed by atoms with van der Waals surface area (Å²) < 4.78 is 29.4. The molecule has 1 saturated heterocycles. The second kappa shape index (κ2) is 11.9. The Bertz CT molecular complexity index is 1420. The van der Waals surface area contributed by atoms with Crippen LogP contribution >= 0.6 is 22.9 Å². The minimum Gasteiger partial charge on any atom is -0.339 e. The minimum absolute atomic E-state index is 0.0473. The number of carbonyl (C=O) groups excluding carboxylic acids is 3. The van der Waals surface area contributed by atoms with E-state index in [9.17, 15) is 22.8 Å². The number of nitrogens with zero attached hydrogens (tertiary/aromatic N) is 1. The van der Waals surface area contributed by atoms with Crippen LogP contribution < -0.4 is 10.6 Å². The third-order valence-corrected chi connectivity index (χ3v) is 9.47. The van der Waals surface area contributed by atoms with E-state index in [1.807, 2.05) is 38.1 Å². The molecule has 1 aromatic heterocycles. The summed E-state index contributed by atoms with van der Waals surface area (Å²) in [6.07, 6.45) is 0.875. The smallest absolute Gasteiger partial charge is 0.267 e. The molecular formula is C27H30ClN3O5S2. The van der Waals surface area contributed by atoms with Crippen molar-refractivity contribution >= 4 is 60.6 Å². The normalized spacial score (nSPS) is 17.3. The van der Waals surface area contributed by atoms with E-state index in [4.69, 9.17) is 11.6 Å². The summed E-state index contributed by atoms with van der Waals surface area (Å²) in [4.78, 5) is 40.7. The van der Waals surface area contributed by atoms with Crippen molar-refractivity contribution in [2.24, 2.45) is 5.92 Å². The number of ketones is 1. The van der Waals surface area contributed by atoms with Crippen LogP contribution in [0, 0.1) is 5.92 Å². The number of Topliss-reactive ketones (excluding diaryl/α,β-unsaturated/α-hetero) is 1. The lowest BCUT2D eigenvalue weighted by atomic mass is 10.0. The first-order chi connectivity index (χ1) is 18.1. The van der Waals surface area contributed by atoms with Gasteiger partial charge in [-0.25, -0.2) is 12.7 Å². The molecule has 2 aromatic carbocycles. The van der Waals surface area contributed by atoms with Crippen LogP contribution in [-0.2, 0) is 19.6 Å². The van der Waals surface area contributed by atoms with Gasteiger partial charge in [-0.05, 0) is 67.4 Å². The van der Waals surface area contributed by atoms with Crippen molar-refractivity contribution in [3.63, 3.8) is 0 Å². The van der Waals surface area contributed by atoms with E-state index in [1.54, 1.807) is 6.07 Å². The molecule has 1 aliphatic rings. The third-order valence-electron chi connectivity index (χ3n) is 6.32. The summed E-state index contributed by atoms with van der Waals surface area (Å²) in [5.41, 5.74) is 0. The summed E-state index contributed by atoms with van der Waals surface area (Å²) in [5.74, 6) is -1.76. The van der Waals surface area contributed by atoms with Gasteiger partial charge in [0.15, 0.2) is 5.78 Å². The molecule has 11 heteroatoms. The van der Waals surface area contributed by atoms with E-state index in [2.05, 4.69) is 10.6 Å².